The van der Waals surface area contributed by atoms with Crippen LogP contribution in [0.2, 0.25) is 0 Å². The van der Waals surface area contributed by atoms with Crippen LogP contribution in [-0.4, -0.2) is 41.6 Å². The fourth-order valence-corrected chi connectivity index (χ4v) is 3.87. The summed E-state index contributed by atoms with van der Waals surface area (Å²) >= 11 is 6.40. The maximum Gasteiger partial charge on any atom is 0.471 e. The summed E-state index contributed by atoms with van der Waals surface area (Å²) in [4.78, 5) is 25.4. The van der Waals surface area contributed by atoms with Crippen molar-refractivity contribution in [1.82, 2.24) is 10.2 Å². The Morgan fingerprint density at radius 1 is 1.09 bits per heavy atom. The second kappa shape index (κ2) is 11.3. The Hall–Kier alpha value is -3.20. The number of alkyl carbamates (subject to hydrolysis) is 1. The van der Waals surface area contributed by atoms with Gasteiger partial charge >= 0.3 is 18.2 Å². The highest BCUT2D eigenvalue weighted by Crippen LogP contribution is 2.31. The van der Waals surface area contributed by atoms with Crippen LogP contribution in [0.15, 0.2) is 66.4 Å². The van der Waals surface area contributed by atoms with Crippen LogP contribution in [-0.2, 0) is 22.7 Å². The van der Waals surface area contributed by atoms with Crippen molar-refractivity contribution in [3.63, 3.8) is 0 Å². The fraction of sp³-hybridized carbons (Fsp3) is 0.333. The number of methoxy groups -OCH3 is 1. The van der Waals surface area contributed by atoms with Crippen molar-refractivity contribution in [2.75, 3.05) is 7.11 Å². The lowest BCUT2D eigenvalue weighted by Crippen LogP contribution is -2.51. The van der Waals surface area contributed by atoms with E-state index in [9.17, 15) is 22.8 Å². The molecule has 2 atom stereocenters. The second-order valence-electron chi connectivity index (χ2n) is 7.64. The van der Waals surface area contributed by atoms with E-state index < -0.39 is 29.6 Å². The maximum absolute atomic E-state index is 13.5. The number of carbonyl (C=O) groups is 2. The van der Waals surface area contributed by atoms with Crippen LogP contribution in [0.25, 0.3) is 0 Å². The number of allylic oxidation sites excluding steroid dienone is 1. The summed E-state index contributed by atoms with van der Waals surface area (Å²) < 4.78 is 50.7. The maximum atomic E-state index is 13.5. The first-order chi connectivity index (χ1) is 16.2. The van der Waals surface area contributed by atoms with E-state index in [1.165, 1.54) is 13.2 Å². The third kappa shape index (κ3) is 6.66. The summed E-state index contributed by atoms with van der Waals surface area (Å²) in [6.45, 7) is -0.391. The summed E-state index contributed by atoms with van der Waals surface area (Å²) in [5, 5.41) is 1.80. The van der Waals surface area contributed by atoms with Crippen LogP contribution in [0.3, 0.4) is 0 Å². The Morgan fingerprint density at radius 2 is 1.76 bits per heavy atom. The van der Waals surface area contributed by atoms with Crippen molar-refractivity contribution in [3.8, 4) is 5.75 Å². The summed E-state index contributed by atoms with van der Waals surface area (Å²) in [7, 11) is 1.47. The molecule has 2 aromatic carbocycles. The van der Waals surface area contributed by atoms with Gasteiger partial charge in [0.2, 0.25) is 0 Å². The normalized spacial score (nSPS) is 18.0. The topological polar surface area (TPSA) is 67.9 Å². The van der Waals surface area contributed by atoms with Crippen molar-refractivity contribution in [2.45, 2.75) is 43.6 Å². The molecule has 3 rings (SSSR count). The van der Waals surface area contributed by atoms with Gasteiger partial charge in [-0.1, -0.05) is 48.5 Å². The molecule has 0 bridgehead atoms. The lowest BCUT2D eigenvalue weighted by molar-refractivity contribution is -0.184. The number of alkyl halides is 4. The molecule has 0 spiro atoms. The monoisotopic (exact) mass is 496 g/mol. The Bertz CT molecular complexity index is 1010. The molecular formula is C24H24ClF3N2O4. The number of hydrogen-bond donors (Lipinski definition) is 1. The Balaban J connectivity index is 1.81. The Kier molecular flexibility index (Phi) is 8.44. The predicted octanol–water partition coefficient (Wildman–Crippen LogP) is 5.17. The van der Waals surface area contributed by atoms with Crippen molar-refractivity contribution in [2.24, 2.45) is 0 Å². The molecule has 1 aliphatic rings. The molecule has 0 fully saturated rings. The van der Waals surface area contributed by atoms with Crippen LogP contribution in [0.1, 0.15) is 24.0 Å². The van der Waals surface area contributed by atoms with E-state index in [0.29, 0.717) is 29.1 Å². The number of nitrogens with zero attached hydrogens (tertiary/aromatic N) is 1. The summed E-state index contributed by atoms with van der Waals surface area (Å²) in [5.74, 6) is -1.53. The molecule has 2 amide bonds. The quantitative estimate of drug-likeness (QED) is 0.537. The first kappa shape index (κ1) is 25.4. The van der Waals surface area contributed by atoms with E-state index in [1.807, 2.05) is 6.07 Å². The van der Waals surface area contributed by atoms with E-state index in [0.717, 1.165) is 5.56 Å². The zero-order valence-electron chi connectivity index (χ0n) is 18.3. The average molecular weight is 497 g/mol. The molecule has 1 N–H and O–H groups in total. The van der Waals surface area contributed by atoms with E-state index in [4.69, 9.17) is 21.1 Å². The van der Waals surface area contributed by atoms with Gasteiger partial charge in [-0.3, -0.25) is 4.79 Å². The van der Waals surface area contributed by atoms with Gasteiger partial charge in [0.1, 0.15) is 12.4 Å². The standard InChI is InChI=1S/C24H24ClF3N2O4/c1-33-18-12-10-16(11-13-18)14-30(22(31)24(26,27)28)20-9-5-8-19(25)21(20)29-23(32)34-15-17-6-3-2-4-7-17/h2-4,6-7,9-13,19,21H,5,8,14-15H2,1H3,(H,29,32)/t19-,21-/m0/s1. The van der Waals surface area contributed by atoms with Crippen molar-refractivity contribution < 1.29 is 32.2 Å². The largest absolute Gasteiger partial charge is 0.497 e. The smallest absolute Gasteiger partial charge is 0.471 e. The number of hydrogen-bond acceptors (Lipinski definition) is 4. The van der Waals surface area contributed by atoms with E-state index in [-0.39, 0.29) is 18.8 Å². The molecule has 34 heavy (non-hydrogen) atoms. The zero-order valence-corrected chi connectivity index (χ0v) is 19.1. The number of ether oxygens (including phenoxy) is 2. The highest BCUT2D eigenvalue weighted by Gasteiger charge is 2.46. The highest BCUT2D eigenvalue weighted by molar-refractivity contribution is 6.21. The van der Waals surface area contributed by atoms with Gasteiger partial charge in [0.25, 0.3) is 0 Å². The lowest BCUT2D eigenvalue weighted by Gasteiger charge is -2.36. The molecule has 1 aliphatic carbocycles. The third-order valence-electron chi connectivity index (χ3n) is 5.26. The van der Waals surface area contributed by atoms with Gasteiger partial charge in [-0.15, -0.1) is 11.6 Å². The van der Waals surface area contributed by atoms with Gasteiger partial charge in [0.05, 0.1) is 25.1 Å². The number of benzene rings is 2. The van der Waals surface area contributed by atoms with Crippen molar-refractivity contribution in [3.05, 3.63) is 77.5 Å². The number of amides is 2. The first-order valence-electron chi connectivity index (χ1n) is 10.5. The summed E-state index contributed by atoms with van der Waals surface area (Å²) in [6.07, 6.45) is -3.72. The minimum Gasteiger partial charge on any atom is -0.497 e. The molecule has 0 aromatic heterocycles. The minimum atomic E-state index is -5.12. The van der Waals surface area contributed by atoms with Gasteiger partial charge in [-0.05, 0) is 36.1 Å². The van der Waals surface area contributed by atoms with Gasteiger partial charge in [-0.2, -0.15) is 13.2 Å². The van der Waals surface area contributed by atoms with E-state index >= 15 is 0 Å². The van der Waals surface area contributed by atoms with Crippen molar-refractivity contribution in [1.29, 1.82) is 0 Å². The van der Waals surface area contributed by atoms with E-state index in [2.05, 4.69) is 5.32 Å². The molecule has 0 saturated heterocycles. The number of carbonyl (C=O) groups excluding carboxylic acids is 2. The van der Waals surface area contributed by atoms with E-state index in [1.54, 1.807) is 48.5 Å². The third-order valence-corrected chi connectivity index (χ3v) is 5.73. The second-order valence-corrected chi connectivity index (χ2v) is 8.20. The lowest BCUT2D eigenvalue weighted by atomic mass is 9.96. The van der Waals surface area contributed by atoms with Gasteiger partial charge in [0, 0.05) is 5.70 Å². The summed E-state index contributed by atoms with van der Waals surface area (Å²) in [5.41, 5.74) is 1.16. The molecule has 0 unspecified atom stereocenters. The Labute approximate surface area is 200 Å². The van der Waals surface area contributed by atoms with Crippen LogP contribution >= 0.6 is 11.6 Å². The number of halogens is 4. The molecule has 0 heterocycles. The summed E-state index contributed by atoms with van der Waals surface area (Å²) in [6, 6.07) is 14.2. The minimum absolute atomic E-state index is 0.0254. The number of nitrogens with one attached hydrogen (secondary N) is 1. The molecule has 182 valence electrons. The highest BCUT2D eigenvalue weighted by atomic mass is 35.5. The molecule has 2 aromatic rings. The predicted molar refractivity (Wildman–Crippen MR) is 120 cm³/mol. The number of rotatable bonds is 7. The van der Waals surface area contributed by atoms with Gasteiger partial charge in [0.15, 0.2) is 0 Å². The molecule has 6 nitrogen and oxygen atoms in total. The Morgan fingerprint density at radius 3 is 2.38 bits per heavy atom. The molecule has 0 radical (unpaired) electrons. The fourth-order valence-electron chi connectivity index (χ4n) is 3.55. The van der Waals surface area contributed by atoms with Gasteiger partial charge in [-0.25, -0.2) is 4.79 Å². The molecular weight excluding hydrogens is 473 g/mol. The van der Waals surface area contributed by atoms with Crippen LogP contribution in [0.5, 0.6) is 5.75 Å². The van der Waals surface area contributed by atoms with Crippen LogP contribution in [0.4, 0.5) is 18.0 Å². The molecule has 10 heteroatoms. The molecule has 0 saturated carbocycles. The van der Waals surface area contributed by atoms with Gasteiger partial charge < -0.3 is 19.7 Å². The van der Waals surface area contributed by atoms with Crippen molar-refractivity contribution >= 4 is 23.6 Å². The van der Waals surface area contributed by atoms with Crippen LogP contribution in [0, 0.1) is 0 Å². The SMILES string of the molecule is COc1ccc(CN(C(=O)C(F)(F)F)C2=CCC[C@H](Cl)[C@@H]2NC(=O)OCc2ccccc2)cc1. The average Bonchev–Trinajstić information content (AvgIpc) is 2.82. The first-order valence-corrected chi connectivity index (χ1v) is 11.0. The zero-order chi connectivity index (χ0) is 24.7. The molecule has 0 aliphatic heterocycles. The van der Waals surface area contributed by atoms with Crippen LogP contribution < -0.4 is 10.1 Å².